The minimum absolute atomic E-state index is 0.0352. The molecule has 1 aliphatic heterocycles. The maximum absolute atomic E-state index is 12.4. The van der Waals surface area contributed by atoms with E-state index in [2.05, 4.69) is 10.3 Å². The number of hydrogen-bond donors (Lipinski definition) is 2. The van der Waals surface area contributed by atoms with Crippen molar-refractivity contribution in [1.29, 1.82) is 0 Å². The largest absolute Gasteiger partial charge is 0.338 e. The Bertz CT molecular complexity index is 385. The fourth-order valence-corrected chi connectivity index (χ4v) is 1.99. The summed E-state index contributed by atoms with van der Waals surface area (Å²) in [6.45, 7) is 4.83. The highest BCUT2D eigenvalue weighted by Gasteiger charge is 2.34. The Morgan fingerprint density at radius 3 is 2.82 bits per heavy atom. The van der Waals surface area contributed by atoms with E-state index in [-0.39, 0.29) is 5.91 Å². The van der Waals surface area contributed by atoms with Gasteiger partial charge in [-0.15, -0.1) is 0 Å². The Morgan fingerprint density at radius 2 is 2.24 bits per heavy atom. The quantitative estimate of drug-likeness (QED) is 0.736. The van der Waals surface area contributed by atoms with Gasteiger partial charge in [-0.3, -0.25) is 9.78 Å². The van der Waals surface area contributed by atoms with Crippen LogP contribution in [0.2, 0.25) is 0 Å². The van der Waals surface area contributed by atoms with Crippen LogP contribution in [0.25, 0.3) is 0 Å². The molecule has 5 nitrogen and oxygen atoms in total. The number of pyridine rings is 1. The molecule has 5 heteroatoms. The highest BCUT2D eigenvalue weighted by Crippen LogP contribution is 2.19. The van der Waals surface area contributed by atoms with Crippen molar-refractivity contribution in [1.82, 2.24) is 15.2 Å². The SMILES string of the molecule is CC(N)(C(=O)N1CCNCC1)c1cccnc1. The molecule has 1 unspecified atom stereocenters. The van der Waals surface area contributed by atoms with E-state index in [4.69, 9.17) is 5.73 Å². The van der Waals surface area contributed by atoms with Gasteiger partial charge < -0.3 is 16.0 Å². The lowest BCUT2D eigenvalue weighted by atomic mass is 9.93. The van der Waals surface area contributed by atoms with Crippen LogP contribution in [0.3, 0.4) is 0 Å². The number of nitrogens with two attached hydrogens (primary N) is 1. The van der Waals surface area contributed by atoms with Crippen molar-refractivity contribution >= 4 is 5.91 Å². The van der Waals surface area contributed by atoms with Gasteiger partial charge in [0.15, 0.2) is 0 Å². The average molecular weight is 234 g/mol. The summed E-state index contributed by atoms with van der Waals surface area (Å²) in [6.07, 6.45) is 3.33. The lowest BCUT2D eigenvalue weighted by molar-refractivity contribution is -0.137. The minimum Gasteiger partial charge on any atom is -0.338 e. The number of amides is 1. The number of rotatable bonds is 2. The molecule has 92 valence electrons. The first-order valence-electron chi connectivity index (χ1n) is 5.82. The number of carbonyl (C=O) groups is 1. The van der Waals surface area contributed by atoms with Crippen LogP contribution in [0.15, 0.2) is 24.5 Å². The molecule has 17 heavy (non-hydrogen) atoms. The Kier molecular flexibility index (Phi) is 3.40. The van der Waals surface area contributed by atoms with E-state index in [1.807, 2.05) is 11.0 Å². The molecule has 1 aromatic rings. The molecule has 1 fully saturated rings. The number of hydrogen-bond acceptors (Lipinski definition) is 4. The second-order valence-corrected chi connectivity index (χ2v) is 4.49. The van der Waals surface area contributed by atoms with E-state index in [0.29, 0.717) is 13.1 Å². The Hall–Kier alpha value is -1.46. The fraction of sp³-hybridized carbons (Fsp3) is 0.500. The predicted molar refractivity (Wildman–Crippen MR) is 65.2 cm³/mol. The predicted octanol–water partition coefficient (Wildman–Crippen LogP) is -0.313. The highest BCUT2D eigenvalue weighted by atomic mass is 16.2. The van der Waals surface area contributed by atoms with Gasteiger partial charge in [-0.1, -0.05) is 6.07 Å². The number of carbonyl (C=O) groups excluding carboxylic acids is 1. The average Bonchev–Trinajstić information content (AvgIpc) is 2.40. The number of piperazine rings is 1. The van der Waals surface area contributed by atoms with Crippen LogP contribution in [-0.2, 0) is 10.3 Å². The molecule has 1 aliphatic rings. The molecule has 0 bridgehead atoms. The number of nitrogens with zero attached hydrogens (tertiary/aromatic N) is 2. The smallest absolute Gasteiger partial charge is 0.247 e. The molecule has 2 rings (SSSR count). The van der Waals surface area contributed by atoms with Crippen LogP contribution in [0.1, 0.15) is 12.5 Å². The van der Waals surface area contributed by atoms with Crippen molar-refractivity contribution < 1.29 is 4.79 Å². The summed E-state index contributed by atoms with van der Waals surface area (Å²) < 4.78 is 0. The monoisotopic (exact) mass is 234 g/mol. The van der Waals surface area contributed by atoms with Crippen LogP contribution in [0, 0.1) is 0 Å². The summed E-state index contributed by atoms with van der Waals surface area (Å²) in [5.41, 5.74) is 5.92. The van der Waals surface area contributed by atoms with E-state index in [9.17, 15) is 4.79 Å². The Labute approximate surface area is 101 Å². The molecular formula is C12H18N4O. The molecule has 1 saturated heterocycles. The molecular weight excluding hydrogens is 216 g/mol. The normalized spacial score (nSPS) is 19.8. The van der Waals surface area contributed by atoms with Gasteiger partial charge in [-0.25, -0.2) is 0 Å². The standard InChI is InChI=1S/C12H18N4O/c1-12(13,10-3-2-4-15-9-10)11(17)16-7-5-14-6-8-16/h2-4,9,14H,5-8,13H2,1H3. The summed E-state index contributed by atoms with van der Waals surface area (Å²) in [6, 6.07) is 3.64. The second kappa shape index (κ2) is 4.81. The van der Waals surface area contributed by atoms with E-state index >= 15 is 0 Å². The lowest BCUT2D eigenvalue weighted by Crippen LogP contribution is -2.56. The van der Waals surface area contributed by atoms with Crippen molar-refractivity contribution in [2.24, 2.45) is 5.73 Å². The zero-order valence-electron chi connectivity index (χ0n) is 10.0. The first kappa shape index (κ1) is 12.0. The van der Waals surface area contributed by atoms with Gasteiger partial charge in [-0.2, -0.15) is 0 Å². The van der Waals surface area contributed by atoms with E-state index in [0.717, 1.165) is 18.7 Å². The molecule has 1 aromatic heterocycles. The van der Waals surface area contributed by atoms with Crippen molar-refractivity contribution in [3.8, 4) is 0 Å². The van der Waals surface area contributed by atoms with Crippen molar-refractivity contribution in [3.05, 3.63) is 30.1 Å². The summed E-state index contributed by atoms with van der Waals surface area (Å²) in [7, 11) is 0. The first-order valence-corrected chi connectivity index (χ1v) is 5.82. The van der Waals surface area contributed by atoms with E-state index in [1.165, 1.54) is 0 Å². The van der Waals surface area contributed by atoms with E-state index < -0.39 is 5.54 Å². The van der Waals surface area contributed by atoms with Gasteiger partial charge in [0.25, 0.3) is 0 Å². The van der Waals surface area contributed by atoms with Gasteiger partial charge >= 0.3 is 0 Å². The topological polar surface area (TPSA) is 71.2 Å². The highest BCUT2D eigenvalue weighted by molar-refractivity contribution is 5.87. The molecule has 0 saturated carbocycles. The Morgan fingerprint density at radius 1 is 1.53 bits per heavy atom. The molecule has 0 radical (unpaired) electrons. The van der Waals surface area contributed by atoms with Crippen molar-refractivity contribution in [2.45, 2.75) is 12.5 Å². The second-order valence-electron chi connectivity index (χ2n) is 4.49. The van der Waals surface area contributed by atoms with Gasteiger partial charge in [0, 0.05) is 38.6 Å². The minimum atomic E-state index is -0.994. The van der Waals surface area contributed by atoms with Crippen LogP contribution in [0.4, 0.5) is 0 Å². The maximum Gasteiger partial charge on any atom is 0.247 e. The lowest BCUT2D eigenvalue weighted by Gasteiger charge is -2.34. The third-order valence-corrected chi connectivity index (χ3v) is 3.11. The number of aromatic nitrogens is 1. The summed E-state index contributed by atoms with van der Waals surface area (Å²) in [5, 5.41) is 3.21. The molecule has 1 amide bonds. The molecule has 3 N–H and O–H groups in total. The van der Waals surface area contributed by atoms with Crippen molar-refractivity contribution in [3.63, 3.8) is 0 Å². The van der Waals surface area contributed by atoms with Crippen molar-refractivity contribution in [2.75, 3.05) is 26.2 Å². The van der Waals surface area contributed by atoms with Gasteiger partial charge in [0.05, 0.1) is 0 Å². The maximum atomic E-state index is 12.4. The van der Waals surface area contributed by atoms with Crippen LogP contribution in [0.5, 0.6) is 0 Å². The fourth-order valence-electron chi connectivity index (χ4n) is 1.99. The summed E-state index contributed by atoms with van der Waals surface area (Å²) >= 11 is 0. The molecule has 0 spiro atoms. The van der Waals surface area contributed by atoms with Gasteiger partial charge in [0.2, 0.25) is 5.91 Å². The third-order valence-electron chi connectivity index (χ3n) is 3.11. The summed E-state index contributed by atoms with van der Waals surface area (Å²) in [5.74, 6) is -0.0352. The molecule has 1 atom stereocenters. The van der Waals surface area contributed by atoms with Crippen LogP contribution < -0.4 is 11.1 Å². The Balaban J connectivity index is 2.17. The molecule has 0 aromatic carbocycles. The molecule has 2 heterocycles. The third kappa shape index (κ3) is 2.45. The zero-order chi connectivity index (χ0) is 12.3. The first-order chi connectivity index (χ1) is 8.12. The number of nitrogens with one attached hydrogen (secondary N) is 1. The van der Waals surface area contributed by atoms with E-state index in [1.54, 1.807) is 25.4 Å². The van der Waals surface area contributed by atoms with Crippen LogP contribution in [-0.4, -0.2) is 42.0 Å². The summed E-state index contributed by atoms with van der Waals surface area (Å²) in [4.78, 5) is 18.2. The van der Waals surface area contributed by atoms with Gasteiger partial charge in [0.1, 0.15) is 5.54 Å². The van der Waals surface area contributed by atoms with Gasteiger partial charge in [-0.05, 0) is 18.6 Å². The zero-order valence-corrected chi connectivity index (χ0v) is 10.0. The van der Waals surface area contributed by atoms with Crippen LogP contribution >= 0.6 is 0 Å². The molecule has 0 aliphatic carbocycles.